The van der Waals surface area contributed by atoms with Gasteiger partial charge in [-0.25, -0.2) is 13.6 Å². The van der Waals surface area contributed by atoms with Crippen LogP contribution in [0.5, 0.6) is 0 Å². The maximum Gasteiger partial charge on any atom is 0.326 e. The molecule has 23 heavy (non-hydrogen) atoms. The van der Waals surface area contributed by atoms with E-state index >= 15 is 0 Å². The molecule has 1 amide bonds. The van der Waals surface area contributed by atoms with E-state index in [-0.39, 0.29) is 12.0 Å². The summed E-state index contributed by atoms with van der Waals surface area (Å²) < 4.78 is 27.0. The number of rotatable bonds is 5. The normalized spacial score (nSPS) is 11.8. The van der Waals surface area contributed by atoms with Crippen LogP contribution in [0.1, 0.15) is 15.9 Å². The molecule has 0 aliphatic rings. The molecule has 2 aromatic carbocycles. The van der Waals surface area contributed by atoms with E-state index in [0.717, 1.165) is 27.3 Å². The van der Waals surface area contributed by atoms with Crippen LogP contribution < -0.4 is 5.32 Å². The molecule has 4 nitrogen and oxygen atoms in total. The summed E-state index contributed by atoms with van der Waals surface area (Å²) in [6.07, 6.45) is 0.0850. The van der Waals surface area contributed by atoms with E-state index < -0.39 is 29.6 Å². The topological polar surface area (TPSA) is 66.4 Å². The van der Waals surface area contributed by atoms with Gasteiger partial charge in [0.25, 0.3) is 5.91 Å². The van der Waals surface area contributed by atoms with Crippen molar-refractivity contribution < 1.29 is 23.5 Å². The molecule has 0 spiro atoms. The minimum atomic E-state index is -1.21. The first-order valence-electron chi connectivity index (χ1n) is 6.60. The largest absolute Gasteiger partial charge is 0.480 e. The van der Waals surface area contributed by atoms with Gasteiger partial charge in [-0.2, -0.15) is 0 Å². The summed E-state index contributed by atoms with van der Waals surface area (Å²) in [5.41, 5.74) is 0.598. The highest BCUT2D eigenvalue weighted by atomic mass is 127. The molecule has 2 N–H and O–H groups in total. The Labute approximate surface area is 144 Å². The zero-order valence-electron chi connectivity index (χ0n) is 11.7. The third-order valence-corrected chi connectivity index (χ3v) is 3.86. The van der Waals surface area contributed by atoms with Crippen LogP contribution in [-0.4, -0.2) is 23.0 Å². The van der Waals surface area contributed by atoms with E-state index in [4.69, 9.17) is 0 Å². The number of carbonyl (C=O) groups is 2. The van der Waals surface area contributed by atoms with Crippen LogP contribution in [0.3, 0.4) is 0 Å². The quantitative estimate of drug-likeness (QED) is 0.716. The van der Waals surface area contributed by atoms with Gasteiger partial charge in [-0.15, -0.1) is 0 Å². The molecule has 0 aliphatic heterocycles. The Morgan fingerprint density at radius 3 is 2.30 bits per heavy atom. The summed E-state index contributed by atoms with van der Waals surface area (Å²) in [6, 6.07) is 8.65. The van der Waals surface area contributed by atoms with Crippen LogP contribution in [0.15, 0.2) is 42.5 Å². The second kappa shape index (κ2) is 7.49. The van der Waals surface area contributed by atoms with Crippen LogP contribution in [0.4, 0.5) is 8.78 Å². The SMILES string of the molecule is O=C(N[C@H](Cc1ccc(I)cc1)C(=O)O)c1ccc(F)c(F)c1. The molecule has 0 bridgehead atoms. The number of nitrogens with one attached hydrogen (secondary N) is 1. The summed E-state index contributed by atoms with van der Waals surface area (Å²) in [4.78, 5) is 23.3. The second-order valence-electron chi connectivity index (χ2n) is 4.82. The number of carbonyl (C=O) groups excluding carboxylic acids is 1. The number of amides is 1. The van der Waals surface area contributed by atoms with E-state index in [9.17, 15) is 23.5 Å². The van der Waals surface area contributed by atoms with Gasteiger partial charge >= 0.3 is 5.97 Å². The molecule has 120 valence electrons. The van der Waals surface area contributed by atoms with Gasteiger partial charge in [0.1, 0.15) is 6.04 Å². The lowest BCUT2D eigenvalue weighted by Gasteiger charge is -2.15. The first kappa shape index (κ1) is 17.3. The molecule has 0 unspecified atom stereocenters. The number of carboxylic acid groups (broad SMARTS) is 1. The molecule has 0 saturated heterocycles. The Hall–Kier alpha value is -2.03. The Kier molecular flexibility index (Phi) is 5.64. The Bertz CT molecular complexity index is 735. The Balaban J connectivity index is 2.12. The summed E-state index contributed by atoms with van der Waals surface area (Å²) >= 11 is 2.12. The molecule has 2 rings (SSSR count). The second-order valence-corrected chi connectivity index (χ2v) is 6.07. The highest BCUT2D eigenvalue weighted by Gasteiger charge is 2.21. The van der Waals surface area contributed by atoms with Crippen LogP contribution >= 0.6 is 22.6 Å². The monoisotopic (exact) mass is 431 g/mol. The lowest BCUT2D eigenvalue weighted by Crippen LogP contribution is -2.42. The molecule has 2 aromatic rings. The molecule has 0 aliphatic carbocycles. The molecular weight excluding hydrogens is 419 g/mol. The average molecular weight is 431 g/mol. The minimum absolute atomic E-state index is 0.0850. The molecular formula is C16H12F2INO3. The molecule has 7 heteroatoms. The summed E-state index contributed by atoms with van der Waals surface area (Å²) in [5.74, 6) is -4.22. The Morgan fingerprint density at radius 1 is 1.09 bits per heavy atom. The van der Waals surface area contributed by atoms with Gasteiger partial charge in [0.05, 0.1) is 0 Å². The van der Waals surface area contributed by atoms with E-state index in [1.165, 1.54) is 0 Å². The van der Waals surface area contributed by atoms with Crippen molar-refractivity contribution in [2.45, 2.75) is 12.5 Å². The number of hydrogen-bond donors (Lipinski definition) is 2. The van der Waals surface area contributed by atoms with Crippen molar-refractivity contribution in [3.05, 3.63) is 68.8 Å². The van der Waals surface area contributed by atoms with Gasteiger partial charge in [0.15, 0.2) is 11.6 Å². The van der Waals surface area contributed by atoms with Crippen molar-refractivity contribution in [2.75, 3.05) is 0 Å². The number of carboxylic acids is 1. The van der Waals surface area contributed by atoms with E-state index in [1.54, 1.807) is 12.1 Å². The first-order valence-corrected chi connectivity index (χ1v) is 7.68. The first-order chi connectivity index (χ1) is 10.9. The zero-order chi connectivity index (χ0) is 17.0. The number of aliphatic carboxylic acids is 1. The maximum absolute atomic E-state index is 13.1. The highest BCUT2D eigenvalue weighted by molar-refractivity contribution is 14.1. The number of benzene rings is 2. The third-order valence-electron chi connectivity index (χ3n) is 3.14. The zero-order valence-corrected chi connectivity index (χ0v) is 13.9. The van der Waals surface area contributed by atoms with Crippen LogP contribution in [-0.2, 0) is 11.2 Å². The number of hydrogen-bond acceptors (Lipinski definition) is 2. The predicted molar refractivity (Wildman–Crippen MR) is 88.1 cm³/mol. The lowest BCUT2D eigenvalue weighted by atomic mass is 10.1. The Morgan fingerprint density at radius 2 is 1.74 bits per heavy atom. The molecule has 0 radical (unpaired) electrons. The van der Waals surface area contributed by atoms with Crippen LogP contribution in [0.25, 0.3) is 0 Å². The van der Waals surface area contributed by atoms with Crippen molar-refractivity contribution in [1.82, 2.24) is 5.32 Å². The smallest absolute Gasteiger partial charge is 0.326 e. The van der Waals surface area contributed by atoms with Gasteiger partial charge < -0.3 is 10.4 Å². The maximum atomic E-state index is 13.1. The van der Waals surface area contributed by atoms with Crippen LogP contribution in [0, 0.1) is 15.2 Å². The molecule has 0 saturated carbocycles. The fourth-order valence-corrected chi connectivity index (χ4v) is 2.29. The predicted octanol–water partition coefficient (Wildman–Crippen LogP) is 3.00. The summed E-state index contributed by atoms with van der Waals surface area (Å²) in [7, 11) is 0. The standard InChI is InChI=1S/C16H12F2INO3/c17-12-6-3-10(8-13(12)18)15(21)20-14(16(22)23)7-9-1-4-11(19)5-2-9/h1-6,8,14H,7H2,(H,20,21)(H,22,23)/t14-/m1/s1. The van der Waals surface area contributed by atoms with Gasteiger partial charge in [-0.3, -0.25) is 4.79 Å². The van der Waals surface area contributed by atoms with Gasteiger partial charge in [0, 0.05) is 15.6 Å². The summed E-state index contributed by atoms with van der Waals surface area (Å²) in [6.45, 7) is 0. The van der Waals surface area contributed by atoms with Crippen molar-refractivity contribution in [1.29, 1.82) is 0 Å². The van der Waals surface area contributed by atoms with Gasteiger partial charge in [-0.05, 0) is 58.5 Å². The molecule has 0 aromatic heterocycles. The van der Waals surface area contributed by atoms with E-state index in [2.05, 4.69) is 27.9 Å². The third kappa shape index (κ3) is 4.72. The fourth-order valence-electron chi connectivity index (χ4n) is 1.94. The van der Waals surface area contributed by atoms with Crippen LogP contribution in [0.2, 0.25) is 0 Å². The minimum Gasteiger partial charge on any atom is -0.480 e. The van der Waals surface area contributed by atoms with Gasteiger partial charge in [-0.1, -0.05) is 12.1 Å². The fraction of sp³-hybridized carbons (Fsp3) is 0.125. The van der Waals surface area contributed by atoms with E-state index in [1.807, 2.05) is 12.1 Å². The highest BCUT2D eigenvalue weighted by Crippen LogP contribution is 2.11. The lowest BCUT2D eigenvalue weighted by molar-refractivity contribution is -0.139. The van der Waals surface area contributed by atoms with Crippen molar-refractivity contribution in [2.24, 2.45) is 0 Å². The van der Waals surface area contributed by atoms with E-state index in [0.29, 0.717) is 0 Å². The van der Waals surface area contributed by atoms with Crippen molar-refractivity contribution in [3.8, 4) is 0 Å². The van der Waals surface area contributed by atoms with Crippen molar-refractivity contribution >= 4 is 34.5 Å². The van der Waals surface area contributed by atoms with Crippen molar-refractivity contribution in [3.63, 3.8) is 0 Å². The molecule has 1 atom stereocenters. The molecule has 0 heterocycles. The number of halogens is 3. The molecule has 0 fully saturated rings. The van der Waals surface area contributed by atoms with Gasteiger partial charge in [0.2, 0.25) is 0 Å². The average Bonchev–Trinajstić information content (AvgIpc) is 2.51. The summed E-state index contributed by atoms with van der Waals surface area (Å²) in [5, 5.41) is 11.5.